The molecule has 0 saturated carbocycles. The van der Waals surface area contributed by atoms with Crippen LogP contribution in [0.5, 0.6) is 0 Å². The van der Waals surface area contributed by atoms with Crippen LogP contribution in [0, 0.1) is 55.4 Å². The van der Waals surface area contributed by atoms with E-state index < -0.39 is 7.40 Å². The van der Waals surface area contributed by atoms with Crippen molar-refractivity contribution in [3.05, 3.63) is 297 Å². The van der Waals surface area contributed by atoms with E-state index in [1.165, 1.54) is 49.0 Å². The van der Waals surface area contributed by atoms with E-state index >= 15 is 8.63 Å². The zero-order chi connectivity index (χ0) is 55.3. The summed E-state index contributed by atoms with van der Waals surface area (Å²) in [5, 5.41) is 1.92. The second-order valence-corrected chi connectivity index (χ2v) is 21.8. The van der Waals surface area contributed by atoms with Gasteiger partial charge in [-0.1, -0.05) is 235 Å². The zero-order valence-electron chi connectivity index (χ0n) is 46.6. The maximum atomic E-state index is 17.1. The number of hydrogen-bond acceptors (Lipinski definition) is 1. The fraction of sp³-hybridized carbons (Fsp3) is 0.107. The van der Waals surface area contributed by atoms with E-state index in [1.807, 2.05) is 36.4 Å². The highest BCUT2D eigenvalue weighted by atomic mass is 19.2. The number of fused-ring (bicyclic) bond motifs is 1. The molecule has 0 amide bonds. The van der Waals surface area contributed by atoms with Crippen LogP contribution in [-0.4, -0.2) is 17.6 Å². The average molecular weight is 1040 g/mol. The van der Waals surface area contributed by atoms with Gasteiger partial charge in [-0.3, -0.25) is 8.63 Å². The molecule has 0 saturated heterocycles. The highest BCUT2D eigenvalue weighted by molar-refractivity contribution is 6.43. The Hall–Kier alpha value is -9.19. The summed E-state index contributed by atoms with van der Waals surface area (Å²) in [5.74, 6) is 0. The second kappa shape index (κ2) is 21.2. The molecule has 5 heteroatoms. The van der Waals surface area contributed by atoms with Crippen molar-refractivity contribution in [2.45, 2.75) is 55.4 Å². The highest BCUT2D eigenvalue weighted by Crippen LogP contribution is 2.48. The molecule has 11 aromatic rings. The van der Waals surface area contributed by atoms with Gasteiger partial charge in [0.05, 0.1) is 17.1 Å². The van der Waals surface area contributed by atoms with Gasteiger partial charge in [0.25, 0.3) is 0 Å². The summed E-state index contributed by atoms with van der Waals surface area (Å²) in [6, 6.07) is 76.2. The van der Waals surface area contributed by atoms with Crippen LogP contribution in [0.2, 0.25) is 0 Å². The lowest BCUT2D eigenvalue weighted by Crippen LogP contribution is -2.18. The van der Waals surface area contributed by atoms with Crippen LogP contribution >= 0.6 is 0 Å². The molecule has 12 rings (SSSR count). The molecule has 1 aromatic heterocycles. The lowest BCUT2D eigenvalue weighted by molar-refractivity contribution is 0.630. The van der Waals surface area contributed by atoms with Gasteiger partial charge in [-0.25, -0.2) is 4.99 Å². The Balaban J connectivity index is 1.14. The Morgan fingerprint density at radius 2 is 0.762 bits per heavy atom. The minimum Gasteiger partial charge on any atom is -0.324 e. The van der Waals surface area contributed by atoms with Crippen LogP contribution in [0.3, 0.4) is 0 Å². The van der Waals surface area contributed by atoms with Gasteiger partial charge in [-0.2, -0.15) is 0 Å². The summed E-state index contributed by atoms with van der Waals surface area (Å²) in [6.45, 7) is 17.0. The molecule has 2 nitrogen and oxygen atoms in total. The molecule has 0 atom stereocenters. The molecule has 0 spiro atoms. The summed E-state index contributed by atoms with van der Waals surface area (Å²) < 4.78 is 35.5. The van der Waals surface area contributed by atoms with Crippen molar-refractivity contribution >= 4 is 35.0 Å². The smallest absolute Gasteiger partial charge is 0.324 e. The largest absolute Gasteiger partial charge is 0.678 e. The standard InChI is InChI=1S/C75H61BF2N2/c1-46-16-36-63(50(5)40-46)55-20-24-59(25-21-55)69-44-71(61-32-28-57(29-33-61)65-38-18-48(3)42-52(65)7)79-74(69)73(68-15-11-13-54-12-9-10-14-67(54)68)75-70(60-26-22-56(23-27-60)64-37-17-47(2)41-51(64)6)45-72(80(75)76(77)78)62-34-30-58(31-35-62)66-39-19-49(4)43-53(66)8/h9-45H,1-8H3/b74-73-. The van der Waals surface area contributed by atoms with Crippen molar-refractivity contribution in [3.8, 4) is 66.9 Å². The molecule has 0 unspecified atom stereocenters. The monoisotopic (exact) mass is 1040 g/mol. The number of allylic oxidation sites excluding steroid dienone is 2. The van der Waals surface area contributed by atoms with Crippen LogP contribution in [0.25, 0.3) is 88.8 Å². The first-order chi connectivity index (χ1) is 38.8. The molecular weight excluding hydrogens is 978 g/mol. The molecule has 0 fully saturated rings. The van der Waals surface area contributed by atoms with Gasteiger partial charge in [0.1, 0.15) is 0 Å². The van der Waals surface area contributed by atoms with E-state index in [0.717, 1.165) is 88.8 Å². The van der Waals surface area contributed by atoms with Crippen molar-refractivity contribution in [2.75, 3.05) is 0 Å². The van der Waals surface area contributed by atoms with Crippen LogP contribution in [0.1, 0.15) is 66.9 Å². The fourth-order valence-electron chi connectivity index (χ4n) is 12.1. The second-order valence-electron chi connectivity index (χ2n) is 21.8. The number of nitrogens with zero attached hydrogens (tertiary/aromatic N) is 2. The molecule has 0 aliphatic carbocycles. The minimum atomic E-state index is -2.94. The Morgan fingerprint density at radius 3 is 1.20 bits per heavy atom. The van der Waals surface area contributed by atoms with E-state index in [1.54, 1.807) is 0 Å². The Bertz CT molecular complexity index is 4300. The summed E-state index contributed by atoms with van der Waals surface area (Å²) in [6.07, 6.45) is 2.15. The third-order valence-corrected chi connectivity index (χ3v) is 16.1. The highest BCUT2D eigenvalue weighted by Gasteiger charge is 2.34. The molecule has 388 valence electrons. The first-order valence-corrected chi connectivity index (χ1v) is 27.6. The molecule has 1 aliphatic heterocycles. The zero-order valence-corrected chi connectivity index (χ0v) is 46.6. The molecule has 80 heavy (non-hydrogen) atoms. The summed E-state index contributed by atoms with van der Waals surface area (Å²) in [5.41, 5.74) is 26.8. The molecule has 0 bridgehead atoms. The first kappa shape index (κ1) is 51.6. The van der Waals surface area contributed by atoms with Gasteiger partial charge in [-0.15, -0.1) is 0 Å². The van der Waals surface area contributed by atoms with Crippen LogP contribution in [0.4, 0.5) is 8.63 Å². The van der Waals surface area contributed by atoms with E-state index in [2.05, 4.69) is 243 Å². The third-order valence-electron chi connectivity index (χ3n) is 16.1. The molecule has 0 radical (unpaired) electrons. The van der Waals surface area contributed by atoms with Crippen LogP contribution in [-0.2, 0) is 0 Å². The van der Waals surface area contributed by atoms with E-state index in [9.17, 15) is 0 Å². The molecule has 10 aromatic carbocycles. The lowest BCUT2D eigenvalue weighted by Gasteiger charge is -2.21. The fourth-order valence-corrected chi connectivity index (χ4v) is 12.1. The Labute approximate surface area is 470 Å². The van der Waals surface area contributed by atoms with Crippen molar-refractivity contribution < 1.29 is 8.63 Å². The summed E-state index contributed by atoms with van der Waals surface area (Å²) in [7, 11) is -2.94. The molecule has 0 N–H and O–H groups in total. The molecule has 1 aliphatic rings. The minimum absolute atomic E-state index is 0.382. The number of hydrogen-bond donors (Lipinski definition) is 0. The van der Waals surface area contributed by atoms with Crippen molar-refractivity contribution in [1.82, 2.24) is 4.48 Å². The van der Waals surface area contributed by atoms with Crippen LogP contribution in [0.15, 0.2) is 235 Å². The third kappa shape index (κ3) is 9.79. The number of rotatable bonds is 11. The summed E-state index contributed by atoms with van der Waals surface area (Å²) >= 11 is 0. The van der Waals surface area contributed by atoms with E-state index in [0.29, 0.717) is 33.8 Å². The van der Waals surface area contributed by atoms with Gasteiger partial charge in [-0.05, 0) is 167 Å². The van der Waals surface area contributed by atoms with Crippen molar-refractivity contribution in [1.29, 1.82) is 0 Å². The van der Waals surface area contributed by atoms with Gasteiger partial charge >= 0.3 is 7.40 Å². The maximum Gasteiger partial charge on any atom is 0.678 e. The van der Waals surface area contributed by atoms with Crippen molar-refractivity contribution in [3.63, 3.8) is 0 Å². The first-order valence-electron chi connectivity index (χ1n) is 27.6. The molecular formula is C75H61BF2N2. The van der Waals surface area contributed by atoms with Gasteiger partial charge in [0.15, 0.2) is 0 Å². The quantitative estimate of drug-likeness (QED) is 0.115. The summed E-state index contributed by atoms with van der Waals surface area (Å²) in [4.78, 5) is 5.70. The number of benzene rings is 10. The number of aromatic nitrogens is 1. The number of halogens is 2. The van der Waals surface area contributed by atoms with Crippen LogP contribution < -0.4 is 0 Å². The lowest BCUT2D eigenvalue weighted by atomic mass is 9.87. The number of aryl methyl sites for hydroxylation is 8. The Kier molecular flexibility index (Phi) is 13.7. The average Bonchev–Trinajstić information content (AvgIpc) is 4.24. The number of aliphatic imine (C=N–C) groups is 1. The van der Waals surface area contributed by atoms with E-state index in [4.69, 9.17) is 4.99 Å². The normalized spacial score (nSPS) is 12.9. The SMILES string of the molecule is Cc1ccc(-c2ccc(C3=CC(c4ccc(-c5ccc(C)cc5C)cc4)=N/C3=C(/c3cccc4ccccc34)c3c(-c4ccc(-c5ccc(C)cc5C)cc4)cc(-c4ccc(-c5ccc(C)cc5C)cc4)n3B(F)F)cc2)c(C)c1. The maximum absolute atomic E-state index is 17.1. The van der Waals surface area contributed by atoms with Gasteiger partial charge in [0, 0.05) is 28.0 Å². The Morgan fingerprint density at radius 1 is 0.375 bits per heavy atom. The molecule has 2 heterocycles. The van der Waals surface area contributed by atoms with Crippen molar-refractivity contribution in [2.24, 2.45) is 4.99 Å². The van der Waals surface area contributed by atoms with E-state index in [-0.39, 0.29) is 0 Å². The predicted molar refractivity (Wildman–Crippen MR) is 336 cm³/mol. The topological polar surface area (TPSA) is 17.3 Å². The predicted octanol–water partition coefficient (Wildman–Crippen LogP) is 20.2. The van der Waals surface area contributed by atoms with Gasteiger partial charge < -0.3 is 4.48 Å². The van der Waals surface area contributed by atoms with Gasteiger partial charge in [0.2, 0.25) is 0 Å².